The van der Waals surface area contributed by atoms with E-state index in [-0.39, 0.29) is 4.68 Å². The molecule has 0 aliphatic heterocycles. The molecule has 0 atom stereocenters. The van der Waals surface area contributed by atoms with E-state index >= 15 is 0 Å². The van der Waals surface area contributed by atoms with E-state index in [1.807, 2.05) is 0 Å². The van der Waals surface area contributed by atoms with Gasteiger partial charge in [-0.1, -0.05) is 0 Å². The van der Waals surface area contributed by atoms with E-state index in [0.29, 0.717) is 0 Å². The number of halogens is 6. The molecule has 1 rings (SSSR count). The Morgan fingerprint density at radius 1 is 1.35 bits per heavy atom. The van der Waals surface area contributed by atoms with Crippen molar-refractivity contribution < 1.29 is 30.4 Å². The molecule has 1 aromatic rings. The highest BCUT2D eigenvalue weighted by atomic mass is 35.7. The van der Waals surface area contributed by atoms with E-state index in [2.05, 4.69) is 5.10 Å². The molecule has 0 fully saturated rings. The predicted molar refractivity (Wildman–Crippen MR) is 46.3 cm³/mol. The van der Waals surface area contributed by atoms with Crippen molar-refractivity contribution in [2.75, 3.05) is 0 Å². The van der Waals surface area contributed by atoms with Crippen LogP contribution in [-0.4, -0.2) is 18.2 Å². The third-order valence-electron chi connectivity index (χ3n) is 1.79. The molecule has 17 heavy (non-hydrogen) atoms. The fourth-order valence-corrected chi connectivity index (χ4v) is 2.56. The summed E-state index contributed by atoms with van der Waals surface area (Å²) in [5, 5.41) is 2.53. The van der Waals surface area contributed by atoms with Crippen LogP contribution in [0.2, 0.25) is 0 Å². The maximum absolute atomic E-state index is 12.4. The SMILES string of the molecule is Cc1c(S(=O)(=O)Cl)c(C(F)(F)F)nn1C(F)F. The van der Waals surface area contributed by atoms with Crippen LogP contribution in [0.1, 0.15) is 17.9 Å². The average molecular weight is 299 g/mol. The summed E-state index contributed by atoms with van der Waals surface area (Å²) in [6.45, 7) is -2.65. The van der Waals surface area contributed by atoms with Gasteiger partial charge in [0.2, 0.25) is 0 Å². The monoisotopic (exact) mass is 298 g/mol. The van der Waals surface area contributed by atoms with Gasteiger partial charge in [0.15, 0.2) is 5.69 Å². The smallest absolute Gasteiger partial charge is 0.207 e. The predicted octanol–water partition coefficient (Wildman–Crippen LogP) is 2.53. The summed E-state index contributed by atoms with van der Waals surface area (Å²) in [7, 11) is -0.0574. The molecular weight excluding hydrogens is 295 g/mol. The van der Waals surface area contributed by atoms with Crippen LogP contribution in [0, 0.1) is 6.92 Å². The van der Waals surface area contributed by atoms with Crippen molar-refractivity contribution in [3.8, 4) is 0 Å². The first-order valence-electron chi connectivity index (χ1n) is 3.85. The molecule has 0 aromatic carbocycles. The van der Waals surface area contributed by atoms with Crippen LogP contribution in [0.15, 0.2) is 4.90 Å². The highest BCUT2D eigenvalue weighted by Crippen LogP contribution is 2.37. The number of aromatic nitrogens is 2. The zero-order valence-electron chi connectivity index (χ0n) is 7.96. The third kappa shape index (κ3) is 2.68. The van der Waals surface area contributed by atoms with Gasteiger partial charge in [0, 0.05) is 10.7 Å². The first-order chi connectivity index (χ1) is 7.46. The lowest BCUT2D eigenvalue weighted by atomic mass is 10.3. The molecule has 0 unspecified atom stereocenters. The van der Waals surface area contributed by atoms with Gasteiger partial charge < -0.3 is 0 Å². The molecule has 1 heterocycles. The molecule has 0 aliphatic rings. The maximum atomic E-state index is 12.4. The quantitative estimate of drug-likeness (QED) is 0.623. The first kappa shape index (κ1) is 14.2. The number of hydrogen-bond donors (Lipinski definition) is 0. The fourth-order valence-electron chi connectivity index (χ4n) is 1.17. The van der Waals surface area contributed by atoms with E-state index < -0.39 is 38.1 Å². The van der Waals surface area contributed by atoms with Crippen molar-refractivity contribution in [1.82, 2.24) is 9.78 Å². The summed E-state index contributed by atoms with van der Waals surface area (Å²) in [4.78, 5) is -1.45. The minimum absolute atomic E-state index is 0.349. The molecule has 0 bridgehead atoms. The van der Waals surface area contributed by atoms with Crippen molar-refractivity contribution in [3.05, 3.63) is 11.4 Å². The lowest BCUT2D eigenvalue weighted by Crippen LogP contribution is -2.11. The highest BCUT2D eigenvalue weighted by Gasteiger charge is 2.43. The second-order valence-electron chi connectivity index (χ2n) is 2.92. The van der Waals surface area contributed by atoms with Crippen LogP contribution in [0.4, 0.5) is 22.0 Å². The second-order valence-corrected chi connectivity index (χ2v) is 5.42. The fraction of sp³-hybridized carbons (Fsp3) is 0.500. The Morgan fingerprint density at radius 3 is 2.06 bits per heavy atom. The topological polar surface area (TPSA) is 52.0 Å². The lowest BCUT2D eigenvalue weighted by Gasteiger charge is -2.03. The normalized spacial score (nSPS) is 13.4. The van der Waals surface area contributed by atoms with Crippen molar-refractivity contribution in [2.24, 2.45) is 0 Å². The Kier molecular flexibility index (Phi) is 3.41. The molecule has 0 N–H and O–H groups in total. The van der Waals surface area contributed by atoms with Gasteiger partial charge in [-0.3, -0.25) is 0 Å². The Balaban J connectivity index is 3.67. The largest absolute Gasteiger partial charge is 0.436 e. The standard InChI is InChI=1S/C6H4ClF5N2O2S/c1-2-3(17(7,15)16)4(6(10,11)12)13-14(2)5(8)9/h5H,1H3. The number of nitrogens with zero attached hydrogens (tertiary/aromatic N) is 2. The van der Waals surface area contributed by atoms with Crippen molar-refractivity contribution in [3.63, 3.8) is 0 Å². The Hall–Kier alpha value is -0.900. The minimum atomic E-state index is -5.19. The molecule has 4 nitrogen and oxygen atoms in total. The van der Waals surface area contributed by atoms with Crippen molar-refractivity contribution in [1.29, 1.82) is 0 Å². The van der Waals surface area contributed by atoms with Crippen molar-refractivity contribution >= 4 is 19.7 Å². The Morgan fingerprint density at radius 2 is 1.82 bits per heavy atom. The maximum Gasteiger partial charge on any atom is 0.436 e. The molecule has 0 spiro atoms. The van der Waals surface area contributed by atoms with Gasteiger partial charge >= 0.3 is 12.7 Å². The van der Waals surface area contributed by atoms with Gasteiger partial charge in [-0.2, -0.15) is 27.1 Å². The zero-order chi connectivity index (χ0) is 13.6. The van der Waals surface area contributed by atoms with E-state index in [9.17, 15) is 30.4 Å². The lowest BCUT2D eigenvalue weighted by molar-refractivity contribution is -0.144. The van der Waals surface area contributed by atoms with Crippen LogP contribution in [-0.2, 0) is 15.2 Å². The molecule has 0 saturated carbocycles. The first-order valence-corrected chi connectivity index (χ1v) is 6.16. The van der Waals surface area contributed by atoms with Crippen LogP contribution in [0.3, 0.4) is 0 Å². The summed E-state index contributed by atoms with van der Waals surface area (Å²) >= 11 is 0. The third-order valence-corrected chi connectivity index (χ3v) is 3.23. The van der Waals surface area contributed by atoms with Gasteiger partial charge in [-0.15, -0.1) is 0 Å². The average Bonchev–Trinajstić information content (AvgIpc) is 2.40. The minimum Gasteiger partial charge on any atom is -0.207 e. The number of rotatable bonds is 2. The van der Waals surface area contributed by atoms with E-state index in [4.69, 9.17) is 10.7 Å². The van der Waals surface area contributed by atoms with Gasteiger partial charge in [-0.05, 0) is 6.92 Å². The van der Waals surface area contributed by atoms with Gasteiger partial charge in [0.25, 0.3) is 9.05 Å². The molecule has 0 radical (unpaired) electrons. The summed E-state index contributed by atoms with van der Waals surface area (Å²) in [5.74, 6) is 0. The summed E-state index contributed by atoms with van der Waals surface area (Å²) in [6.07, 6.45) is -5.19. The molecule has 98 valence electrons. The van der Waals surface area contributed by atoms with Gasteiger partial charge in [0.1, 0.15) is 4.90 Å². The molecule has 1 aromatic heterocycles. The Bertz CT molecular complexity index is 535. The van der Waals surface area contributed by atoms with Gasteiger partial charge in [0.05, 0.1) is 5.69 Å². The summed E-state index contributed by atoms with van der Waals surface area (Å²) in [5.41, 5.74) is -2.83. The molecule has 0 saturated heterocycles. The molecule has 0 aliphatic carbocycles. The van der Waals surface area contributed by atoms with E-state index in [1.165, 1.54) is 0 Å². The zero-order valence-corrected chi connectivity index (χ0v) is 9.54. The number of hydrogen-bond acceptors (Lipinski definition) is 3. The molecule has 11 heteroatoms. The van der Waals surface area contributed by atoms with E-state index in [1.54, 1.807) is 0 Å². The van der Waals surface area contributed by atoms with Crippen molar-refractivity contribution in [2.45, 2.75) is 24.5 Å². The Labute approximate surface area is 96.4 Å². The van der Waals surface area contributed by atoms with Crippen LogP contribution in [0.5, 0.6) is 0 Å². The van der Waals surface area contributed by atoms with Crippen LogP contribution >= 0.6 is 10.7 Å². The van der Waals surface area contributed by atoms with Crippen LogP contribution in [0.25, 0.3) is 0 Å². The number of alkyl halides is 5. The summed E-state index contributed by atoms with van der Waals surface area (Å²) in [6, 6.07) is 0. The van der Waals surface area contributed by atoms with Gasteiger partial charge in [-0.25, -0.2) is 13.1 Å². The summed E-state index contributed by atoms with van der Waals surface area (Å²) < 4.78 is 83.3. The highest BCUT2D eigenvalue weighted by molar-refractivity contribution is 8.13. The molecule has 0 amide bonds. The second kappa shape index (κ2) is 4.09. The molecular formula is C6H4ClF5N2O2S. The van der Waals surface area contributed by atoms with E-state index in [0.717, 1.165) is 6.92 Å². The van der Waals surface area contributed by atoms with Crippen LogP contribution < -0.4 is 0 Å².